The van der Waals surface area contributed by atoms with Gasteiger partial charge < -0.3 is 54.7 Å². The summed E-state index contributed by atoms with van der Waals surface area (Å²) < 4.78 is 21.8. The number of rotatable bonds is 7. The summed E-state index contributed by atoms with van der Waals surface area (Å²) in [5.41, 5.74) is -0.112. The Balaban J connectivity index is 1.58. The minimum absolute atomic E-state index is 0.238. The zero-order valence-electron chi connectivity index (χ0n) is 18.8. The molecule has 11 atom stereocenters. The lowest BCUT2D eigenvalue weighted by atomic mass is 9.82. The van der Waals surface area contributed by atoms with Crippen molar-refractivity contribution in [2.45, 2.75) is 49.2 Å². The number of ether oxygens (including phenoxy) is 4. The molecular weight excluding hydrogens is 484 g/mol. The van der Waals surface area contributed by atoms with Gasteiger partial charge in [-0.05, 0) is 12.1 Å². The fourth-order valence-corrected chi connectivity index (χ4v) is 4.93. The Morgan fingerprint density at radius 1 is 0.889 bits per heavy atom. The van der Waals surface area contributed by atoms with Gasteiger partial charge in [0.1, 0.15) is 24.4 Å². The first kappa shape index (κ1) is 26.4. The summed E-state index contributed by atoms with van der Waals surface area (Å²) in [6.07, 6.45) is -11.8. The molecule has 0 amide bonds. The summed E-state index contributed by atoms with van der Waals surface area (Å²) >= 11 is 0. The van der Waals surface area contributed by atoms with Crippen LogP contribution in [0.1, 0.15) is 10.4 Å². The number of carbonyl (C=O) groups excluding carboxylic acids is 1. The Morgan fingerprint density at radius 2 is 1.58 bits per heavy atom. The zero-order valence-corrected chi connectivity index (χ0v) is 18.8. The highest BCUT2D eigenvalue weighted by atomic mass is 16.8. The molecule has 1 aromatic carbocycles. The van der Waals surface area contributed by atoms with Crippen LogP contribution in [0.25, 0.3) is 0 Å². The molecule has 13 heteroatoms. The number of carbonyl (C=O) groups is 2. The number of fused-ring (bicyclic) bond motifs is 1. The van der Waals surface area contributed by atoms with Gasteiger partial charge >= 0.3 is 11.9 Å². The molecule has 1 saturated heterocycles. The number of aliphatic hydroxyl groups excluding tert-OH is 6. The van der Waals surface area contributed by atoms with Gasteiger partial charge in [0.05, 0.1) is 42.8 Å². The Bertz CT molecular complexity index is 966. The van der Waals surface area contributed by atoms with E-state index in [1.54, 1.807) is 18.2 Å². The highest BCUT2D eigenvalue weighted by Crippen LogP contribution is 2.48. The number of aliphatic hydroxyl groups is 6. The van der Waals surface area contributed by atoms with E-state index in [1.807, 2.05) is 0 Å². The maximum atomic E-state index is 12.4. The van der Waals surface area contributed by atoms with Crippen molar-refractivity contribution < 1.29 is 64.3 Å². The normalized spacial score (nSPS) is 40.1. The van der Waals surface area contributed by atoms with Crippen LogP contribution in [0.5, 0.6) is 0 Å². The second-order valence-electron chi connectivity index (χ2n) is 8.93. The third-order valence-electron chi connectivity index (χ3n) is 6.85. The minimum atomic E-state index is -1.78. The van der Waals surface area contributed by atoms with Crippen LogP contribution in [-0.4, -0.2) is 110 Å². The molecule has 1 aliphatic carbocycles. The number of aliphatic carboxylic acids is 1. The van der Waals surface area contributed by atoms with Crippen LogP contribution in [0.4, 0.5) is 0 Å². The van der Waals surface area contributed by atoms with Gasteiger partial charge in [-0.2, -0.15) is 0 Å². The number of esters is 1. The van der Waals surface area contributed by atoms with Gasteiger partial charge in [0.25, 0.3) is 0 Å². The Hall–Kier alpha value is -2.62. The minimum Gasteiger partial charge on any atom is -0.478 e. The van der Waals surface area contributed by atoms with E-state index in [4.69, 9.17) is 18.9 Å². The first-order valence-corrected chi connectivity index (χ1v) is 11.3. The van der Waals surface area contributed by atoms with Crippen LogP contribution in [0, 0.1) is 17.8 Å². The average Bonchev–Trinajstić information content (AvgIpc) is 3.13. The maximum Gasteiger partial charge on any atom is 0.338 e. The number of benzene rings is 1. The number of carboxylic acid groups (broad SMARTS) is 1. The predicted octanol–water partition coefficient (Wildman–Crippen LogP) is -2.43. The first-order valence-electron chi connectivity index (χ1n) is 11.3. The van der Waals surface area contributed by atoms with Crippen LogP contribution < -0.4 is 0 Å². The molecular formula is C23H28O13. The molecule has 0 aromatic heterocycles. The molecule has 36 heavy (non-hydrogen) atoms. The summed E-state index contributed by atoms with van der Waals surface area (Å²) in [7, 11) is 0. The van der Waals surface area contributed by atoms with Crippen LogP contribution in [-0.2, 0) is 23.7 Å². The SMILES string of the molecule is O=C(O)C1=COC(OC2OC(CO)C(O)C(O)C2O)C2C(COC(=O)c3ccccc3)C(O)C(O)C12. The summed E-state index contributed by atoms with van der Waals surface area (Å²) in [6.45, 7) is -1.14. The Kier molecular flexibility index (Phi) is 7.92. The first-order chi connectivity index (χ1) is 17.1. The molecule has 1 aromatic rings. The van der Waals surface area contributed by atoms with Gasteiger partial charge in [0, 0.05) is 17.8 Å². The standard InChI is InChI=1S/C23H28O13/c24-6-12-16(26)18(28)19(29)23(35-12)36-22-14-10(7-33-21(32)9-4-2-1-3-5-9)15(25)17(27)13(14)11(8-34-22)20(30)31/h1-5,8,10,12-19,22-29H,6-7H2,(H,30,31). The van der Waals surface area contributed by atoms with Gasteiger partial charge in [-0.1, -0.05) is 18.2 Å². The molecule has 0 radical (unpaired) electrons. The van der Waals surface area contributed by atoms with E-state index in [1.165, 1.54) is 12.1 Å². The molecule has 1 saturated carbocycles. The maximum absolute atomic E-state index is 12.4. The van der Waals surface area contributed by atoms with Crippen molar-refractivity contribution in [1.29, 1.82) is 0 Å². The van der Waals surface area contributed by atoms with Crippen molar-refractivity contribution in [3.63, 3.8) is 0 Å². The van der Waals surface area contributed by atoms with E-state index in [0.29, 0.717) is 0 Å². The van der Waals surface area contributed by atoms with Gasteiger partial charge in [-0.15, -0.1) is 0 Å². The topological polar surface area (TPSA) is 213 Å². The molecule has 2 aliphatic heterocycles. The van der Waals surface area contributed by atoms with E-state index in [-0.39, 0.29) is 11.1 Å². The molecule has 2 fully saturated rings. The molecule has 2 heterocycles. The third kappa shape index (κ3) is 4.84. The van der Waals surface area contributed by atoms with Gasteiger partial charge in [-0.25, -0.2) is 9.59 Å². The second-order valence-corrected chi connectivity index (χ2v) is 8.93. The largest absolute Gasteiger partial charge is 0.478 e. The molecule has 0 bridgehead atoms. The smallest absolute Gasteiger partial charge is 0.338 e. The van der Waals surface area contributed by atoms with Crippen molar-refractivity contribution in [2.75, 3.05) is 13.2 Å². The monoisotopic (exact) mass is 512 g/mol. The summed E-state index contributed by atoms with van der Waals surface area (Å²) in [5.74, 6) is -5.48. The molecule has 3 aliphatic rings. The third-order valence-corrected chi connectivity index (χ3v) is 6.85. The van der Waals surface area contributed by atoms with Crippen LogP contribution >= 0.6 is 0 Å². The number of hydrogen-bond donors (Lipinski definition) is 7. The van der Waals surface area contributed by atoms with Crippen LogP contribution in [0.2, 0.25) is 0 Å². The fourth-order valence-electron chi connectivity index (χ4n) is 4.93. The van der Waals surface area contributed by atoms with E-state index < -0.39 is 92.1 Å². The van der Waals surface area contributed by atoms with Gasteiger partial charge in [0.15, 0.2) is 6.29 Å². The molecule has 198 valence electrons. The Labute approximate surface area is 204 Å². The van der Waals surface area contributed by atoms with Crippen LogP contribution in [0.15, 0.2) is 42.2 Å². The van der Waals surface area contributed by atoms with Crippen molar-refractivity contribution in [3.8, 4) is 0 Å². The summed E-state index contributed by atoms with van der Waals surface area (Å²) in [4.78, 5) is 24.2. The van der Waals surface area contributed by atoms with Gasteiger partial charge in [-0.3, -0.25) is 0 Å². The molecule has 11 unspecified atom stereocenters. The van der Waals surface area contributed by atoms with E-state index in [2.05, 4.69) is 0 Å². The molecule has 4 rings (SSSR count). The lowest BCUT2D eigenvalue weighted by Crippen LogP contribution is -2.60. The molecule has 0 spiro atoms. The van der Waals surface area contributed by atoms with Crippen molar-refractivity contribution in [3.05, 3.63) is 47.7 Å². The highest BCUT2D eigenvalue weighted by molar-refractivity contribution is 5.89. The van der Waals surface area contributed by atoms with E-state index in [0.717, 1.165) is 6.26 Å². The zero-order chi connectivity index (χ0) is 26.1. The average molecular weight is 512 g/mol. The van der Waals surface area contributed by atoms with E-state index in [9.17, 15) is 45.3 Å². The number of carboxylic acids is 1. The summed E-state index contributed by atoms with van der Waals surface area (Å²) in [6, 6.07) is 8.00. The van der Waals surface area contributed by atoms with Gasteiger partial charge in [0.2, 0.25) is 6.29 Å². The second kappa shape index (κ2) is 10.8. The van der Waals surface area contributed by atoms with Crippen molar-refractivity contribution in [2.24, 2.45) is 17.8 Å². The summed E-state index contributed by atoms with van der Waals surface area (Å²) in [5, 5.41) is 70.8. The fraction of sp³-hybridized carbons (Fsp3) is 0.565. The predicted molar refractivity (Wildman–Crippen MR) is 115 cm³/mol. The highest BCUT2D eigenvalue weighted by Gasteiger charge is 2.59. The number of hydrogen-bond acceptors (Lipinski definition) is 12. The van der Waals surface area contributed by atoms with Crippen LogP contribution in [0.3, 0.4) is 0 Å². The molecule has 13 nitrogen and oxygen atoms in total. The molecule has 7 N–H and O–H groups in total. The van der Waals surface area contributed by atoms with E-state index >= 15 is 0 Å². The lowest BCUT2D eigenvalue weighted by Gasteiger charge is -2.43. The lowest BCUT2D eigenvalue weighted by molar-refractivity contribution is -0.343. The van der Waals surface area contributed by atoms with Crippen molar-refractivity contribution in [1.82, 2.24) is 0 Å². The van der Waals surface area contributed by atoms with Crippen molar-refractivity contribution >= 4 is 11.9 Å². The Morgan fingerprint density at radius 3 is 2.22 bits per heavy atom. The quantitative estimate of drug-likeness (QED) is 0.190.